The molecule has 0 saturated carbocycles. The Morgan fingerprint density at radius 1 is 1.56 bits per heavy atom. The zero-order valence-corrected chi connectivity index (χ0v) is 10.5. The highest BCUT2D eigenvalue weighted by molar-refractivity contribution is 7.13. The number of hydrogen-bond donors (Lipinski definition) is 3. The Labute approximate surface area is 98.9 Å². The van der Waals surface area contributed by atoms with Gasteiger partial charge in [0.2, 0.25) is 0 Å². The Morgan fingerprint density at radius 2 is 2.19 bits per heavy atom. The van der Waals surface area contributed by atoms with Crippen molar-refractivity contribution in [3.63, 3.8) is 0 Å². The van der Waals surface area contributed by atoms with Crippen molar-refractivity contribution in [3.8, 4) is 0 Å². The first kappa shape index (κ1) is 13.2. The summed E-state index contributed by atoms with van der Waals surface area (Å²) in [5.74, 6) is -0.897. The van der Waals surface area contributed by atoms with E-state index in [0.29, 0.717) is 11.4 Å². The monoisotopic (exact) mass is 243 g/mol. The van der Waals surface area contributed by atoms with E-state index in [0.717, 1.165) is 4.88 Å². The molecule has 16 heavy (non-hydrogen) atoms. The number of carboxylic acids is 1. The Hall–Kier alpha value is -0.910. The number of carboxylic acid groups (broad SMARTS) is 1. The Balaban J connectivity index is 2.58. The van der Waals surface area contributed by atoms with Crippen LogP contribution in [0.25, 0.3) is 0 Å². The second-order valence-corrected chi connectivity index (χ2v) is 5.49. The molecule has 1 aromatic heterocycles. The van der Waals surface area contributed by atoms with E-state index in [-0.39, 0.29) is 5.54 Å². The van der Waals surface area contributed by atoms with E-state index >= 15 is 0 Å². The molecule has 0 aliphatic heterocycles. The van der Waals surface area contributed by atoms with Crippen LogP contribution in [0.15, 0.2) is 12.1 Å². The molecule has 4 nitrogen and oxygen atoms in total. The highest BCUT2D eigenvalue weighted by Gasteiger charge is 2.23. The molecule has 1 atom stereocenters. The Morgan fingerprint density at radius 3 is 2.62 bits per heavy atom. The Bertz CT molecular complexity index is 371. The fourth-order valence-corrected chi connectivity index (χ4v) is 1.84. The largest absolute Gasteiger partial charge is 0.477 e. The third-order valence-electron chi connectivity index (χ3n) is 2.64. The molecule has 90 valence electrons. The number of aromatic carboxylic acids is 1. The van der Waals surface area contributed by atoms with Gasteiger partial charge in [-0.2, -0.15) is 0 Å². The van der Waals surface area contributed by atoms with E-state index in [9.17, 15) is 9.90 Å². The number of nitrogens with one attached hydrogen (secondary N) is 1. The van der Waals surface area contributed by atoms with Gasteiger partial charge in [0.1, 0.15) is 4.88 Å². The van der Waals surface area contributed by atoms with Crippen LogP contribution in [0.1, 0.15) is 35.3 Å². The third kappa shape index (κ3) is 3.30. The molecule has 3 N–H and O–H groups in total. The lowest BCUT2D eigenvalue weighted by Gasteiger charge is -2.29. The molecular weight excluding hydrogens is 226 g/mol. The van der Waals surface area contributed by atoms with Crippen LogP contribution in [0, 0.1) is 0 Å². The second-order valence-electron chi connectivity index (χ2n) is 4.32. The number of hydrogen-bond acceptors (Lipinski definition) is 4. The maximum Gasteiger partial charge on any atom is 0.345 e. The van der Waals surface area contributed by atoms with Gasteiger partial charge in [-0.05, 0) is 32.9 Å². The highest BCUT2D eigenvalue weighted by Crippen LogP contribution is 2.18. The minimum absolute atomic E-state index is 0.339. The number of carbonyl (C=O) groups is 1. The molecule has 0 aliphatic rings. The van der Waals surface area contributed by atoms with Gasteiger partial charge in [0.15, 0.2) is 0 Å². The van der Waals surface area contributed by atoms with Crippen molar-refractivity contribution in [2.24, 2.45) is 0 Å². The van der Waals surface area contributed by atoms with Gasteiger partial charge in [-0.25, -0.2) is 4.79 Å². The first-order chi connectivity index (χ1) is 7.33. The maximum absolute atomic E-state index is 10.7. The predicted octanol–water partition coefficient (Wildman–Crippen LogP) is 1.70. The molecule has 0 fully saturated rings. The molecule has 0 spiro atoms. The molecule has 1 aromatic rings. The first-order valence-corrected chi connectivity index (χ1v) is 5.89. The van der Waals surface area contributed by atoms with Crippen LogP contribution in [-0.2, 0) is 6.54 Å². The molecule has 0 amide bonds. The standard InChI is InChI=1S/C11H17NO3S/c1-7(13)11(2,3)12-6-8-4-5-9(16-8)10(14)15/h4-5,7,12-13H,6H2,1-3H3,(H,14,15). The quantitative estimate of drug-likeness (QED) is 0.736. The van der Waals surface area contributed by atoms with Crippen LogP contribution in [-0.4, -0.2) is 27.8 Å². The third-order valence-corrected chi connectivity index (χ3v) is 3.71. The molecule has 1 unspecified atom stereocenters. The van der Waals surface area contributed by atoms with E-state index in [2.05, 4.69) is 5.32 Å². The number of rotatable bonds is 5. The second kappa shape index (κ2) is 4.95. The summed E-state index contributed by atoms with van der Waals surface area (Å²) in [5, 5.41) is 21.5. The van der Waals surface area contributed by atoms with Crippen LogP contribution in [0.5, 0.6) is 0 Å². The molecule has 1 heterocycles. The predicted molar refractivity (Wildman–Crippen MR) is 63.9 cm³/mol. The minimum Gasteiger partial charge on any atom is -0.477 e. The van der Waals surface area contributed by atoms with E-state index in [1.54, 1.807) is 19.1 Å². The van der Waals surface area contributed by atoms with Gasteiger partial charge in [-0.1, -0.05) is 0 Å². The van der Waals surface area contributed by atoms with Gasteiger partial charge in [-0.3, -0.25) is 0 Å². The SMILES string of the molecule is CC(O)C(C)(C)NCc1ccc(C(=O)O)s1. The van der Waals surface area contributed by atoms with Crippen molar-refractivity contribution < 1.29 is 15.0 Å². The van der Waals surface area contributed by atoms with Crippen LogP contribution in [0.3, 0.4) is 0 Å². The molecular formula is C11H17NO3S. The smallest absolute Gasteiger partial charge is 0.345 e. The lowest BCUT2D eigenvalue weighted by molar-refractivity contribution is 0.0702. The fraction of sp³-hybridized carbons (Fsp3) is 0.545. The molecule has 0 bridgehead atoms. The molecule has 0 aliphatic carbocycles. The topological polar surface area (TPSA) is 69.6 Å². The average molecular weight is 243 g/mol. The van der Waals surface area contributed by atoms with Crippen molar-refractivity contribution in [2.45, 2.75) is 39.0 Å². The van der Waals surface area contributed by atoms with Crippen LogP contribution in [0.2, 0.25) is 0 Å². The van der Waals surface area contributed by atoms with Crippen molar-refractivity contribution in [3.05, 3.63) is 21.9 Å². The van der Waals surface area contributed by atoms with Gasteiger partial charge in [0, 0.05) is 17.0 Å². The van der Waals surface area contributed by atoms with E-state index in [1.807, 2.05) is 13.8 Å². The van der Waals surface area contributed by atoms with Crippen molar-refractivity contribution in [1.29, 1.82) is 0 Å². The van der Waals surface area contributed by atoms with E-state index < -0.39 is 12.1 Å². The van der Waals surface area contributed by atoms with Gasteiger partial charge in [-0.15, -0.1) is 11.3 Å². The maximum atomic E-state index is 10.7. The molecule has 0 aromatic carbocycles. The van der Waals surface area contributed by atoms with Crippen LogP contribution >= 0.6 is 11.3 Å². The number of aliphatic hydroxyl groups excluding tert-OH is 1. The van der Waals surface area contributed by atoms with Gasteiger partial charge in [0.25, 0.3) is 0 Å². The summed E-state index contributed by atoms with van der Waals surface area (Å²) in [4.78, 5) is 12.0. The summed E-state index contributed by atoms with van der Waals surface area (Å²) >= 11 is 1.25. The molecule has 5 heteroatoms. The summed E-state index contributed by atoms with van der Waals surface area (Å²) in [5.41, 5.74) is -0.382. The number of aliphatic hydroxyl groups is 1. The van der Waals surface area contributed by atoms with Crippen molar-refractivity contribution >= 4 is 17.3 Å². The molecule has 0 radical (unpaired) electrons. The normalized spacial score (nSPS) is 13.8. The zero-order chi connectivity index (χ0) is 12.3. The lowest BCUT2D eigenvalue weighted by Crippen LogP contribution is -2.47. The van der Waals surface area contributed by atoms with E-state index in [4.69, 9.17) is 5.11 Å². The van der Waals surface area contributed by atoms with Crippen molar-refractivity contribution in [2.75, 3.05) is 0 Å². The highest BCUT2D eigenvalue weighted by atomic mass is 32.1. The first-order valence-electron chi connectivity index (χ1n) is 5.08. The fourth-order valence-electron chi connectivity index (χ4n) is 1.05. The summed E-state index contributed by atoms with van der Waals surface area (Å²) in [7, 11) is 0. The van der Waals surface area contributed by atoms with Gasteiger partial charge >= 0.3 is 5.97 Å². The summed E-state index contributed by atoms with van der Waals surface area (Å²) in [6.45, 7) is 6.10. The molecule has 0 saturated heterocycles. The Kier molecular flexibility index (Phi) is 4.07. The average Bonchev–Trinajstić information content (AvgIpc) is 2.63. The van der Waals surface area contributed by atoms with E-state index in [1.165, 1.54) is 11.3 Å². The summed E-state index contributed by atoms with van der Waals surface area (Å²) in [6, 6.07) is 3.39. The minimum atomic E-state index is -0.897. The van der Waals surface area contributed by atoms with Crippen LogP contribution in [0.4, 0.5) is 0 Å². The van der Waals surface area contributed by atoms with Gasteiger partial charge in [0.05, 0.1) is 6.10 Å². The zero-order valence-electron chi connectivity index (χ0n) is 9.65. The number of thiophene rings is 1. The molecule has 1 rings (SSSR count). The summed E-state index contributed by atoms with van der Waals surface area (Å²) in [6.07, 6.45) is -0.466. The summed E-state index contributed by atoms with van der Waals surface area (Å²) < 4.78 is 0. The van der Waals surface area contributed by atoms with Gasteiger partial charge < -0.3 is 15.5 Å². The lowest BCUT2D eigenvalue weighted by atomic mass is 9.99. The van der Waals surface area contributed by atoms with Crippen molar-refractivity contribution in [1.82, 2.24) is 5.32 Å². The van der Waals surface area contributed by atoms with Crippen LogP contribution < -0.4 is 5.32 Å².